The van der Waals surface area contributed by atoms with Gasteiger partial charge in [-0.25, -0.2) is 8.78 Å². The molecule has 0 saturated heterocycles. The summed E-state index contributed by atoms with van der Waals surface area (Å²) in [6.45, 7) is 2.54. The van der Waals surface area contributed by atoms with Crippen LogP contribution in [0.25, 0.3) is 0 Å². The molecule has 6 N–H and O–H groups in total. The van der Waals surface area contributed by atoms with Gasteiger partial charge in [-0.1, -0.05) is 47.5 Å². The molecule has 3 aromatic carbocycles. The zero-order valence-electron chi connectivity index (χ0n) is 28.4. The summed E-state index contributed by atoms with van der Waals surface area (Å²) in [6, 6.07) is 18.4. The summed E-state index contributed by atoms with van der Waals surface area (Å²) < 4.78 is 26.2. The zero-order valence-corrected chi connectivity index (χ0v) is 30.8. The van der Waals surface area contributed by atoms with Crippen LogP contribution < -0.4 is 31.9 Å². The van der Waals surface area contributed by atoms with Gasteiger partial charge in [0.1, 0.15) is 23.7 Å². The first-order valence-electron chi connectivity index (χ1n) is 15.9. The Hall–Kier alpha value is -5.38. The van der Waals surface area contributed by atoms with Crippen LogP contribution in [0.2, 0.25) is 10.0 Å². The minimum absolute atomic E-state index is 0.0585. The number of hydrogen-bond acceptors (Lipinski definition) is 7. The lowest BCUT2D eigenvalue weighted by atomic mass is 10.1. The van der Waals surface area contributed by atoms with Crippen LogP contribution in [0.1, 0.15) is 25.0 Å². The van der Waals surface area contributed by atoms with Crippen molar-refractivity contribution < 1.29 is 37.5 Å². The number of rotatable bonds is 14. The van der Waals surface area contributed by atoms with Crippen molar-refractivity contribution >= 4 is 80.7 Å². The molecule has 17 heteroatoms. The monoisotopic (exact) mass is 788 g/mol. The van der Waals surface area contributed by atoms with Crippen LogP contribution >= 0.6 is 34.5 Å². The molecule has 0 saturated carbocycles. The summed E-state index contributed by atoms with van der Waals surface area (Å²) in [6.07, 6.45) is -0.214. The Morgan fingerprint density at radius 1 is 0.623 bits per heavy atom. The minimum Gasteiger partial charge on any atom is -0.345 e. The maximum Gasteiger partial charge on any atom is 0.244 e. The van der Waals surface area contributed by atoms with E-state index in [0.29, 0.717) is 32.4 Å². The number of nitrogens with one attached hydrogen (secondary N) is 6. The molecule has 4 aromatic rings. The Morgan fingerprint density at radius 3 is 1.70 bits per heavy atom. The van der Waals surface area contributed by atoms with E-state index in [1.54, 1.807) is 60.0 Å². The van der Waals surface area contributed by atoms with Crippen molar-refractivity contribution in [1.82, 2.24) is 21.3 Å². The molecule has 1 aromatic heterocycles. The SMILES string of the molecule is C[C@H](NC(=O)Cc1cc(F)cc(F)c1)C(=O)NCC(=O)Nc1cccs1.C[C@H](NC(=O)Cc1ccc(Cl)c(Cl)c1)C(=O)NCC(=O)Nc1ccccc1. The molecule has 4 rings (SSSR count). The van der Waals surface area contributed by atoms with Crippen molar-refractivity contribution in [3.05, 3.63) is 117 Å². The number of anilines is 2. The predicted molar refractivity (Wildman–Crippen MR) is 199 cm³/mol. The highest BCUT2D eigenvalue weighted by Crippen LogP contribution is 2.22. The third-order valence-corrected chi connectivity index (χ3v) is 8.39. The smallest absolute Gasteiger partial charge is 0.244 e. The van der Waals surface area contributed by atoms with E-state index >= 15 is 0 Å². The van der Waals surface area contributed by atoms with E-state index in [-0.39, 0.29) is 43.3 Å². The Balaban J connectivity index is 0.000000286. The maximum absolute atomic E-state index is 13.1. The van der Waals surface area contributed by atoms with Crippen molar-refractivity contribution in [3.63, 3.8) is 0 Å². The third kappa shape index (κ3) is 15.8. The van der Waals surface area contributed by atoms with Crippen molar-refractivity contribution in [2.75, 3.05) is 23.7 Å². The van der Waals surface area contributed by atoms with Crippen LogP contribution in [0.15, 0.2) is 84.2 Å². The van der Waals surface area contributed by atoms with Gasteiger partial charge in [0.05, 0.1) is 41.0 Å². The first-order chi connectivity index (χ1) is 25.2. The van der Waals surface area contributed by atoms with E-state index in [9.17, 15) is 37.5 Å². The van der Waals surface area contributed by atoms with Crippen molar-refractivity contribution in [2.24, 2.45) is 0 Å². The van der Waals surface area contributed by atoms with Gasteiger partial charge >= 0.3 is 0 Å². The molecule has 0 bridgehead atoms. The highest BCUT2D eigenvalue weighted by Gasteiger charge is 2.18. The fourth-order valence-electron chi connectivity index (χ4n) is 4.35. The highest BCUT2D eigenvalue weighted by molar-refractivity contribution is 7.14. The van der Waals surface area contributed by atoms with Gasteiger partial charge in [0.2, 0.25) is 35.4 Å². The molecule has 0 spiro atoms. The van der Waals surface area contributed by atoms with E-state index in [1.165, 1.54) is 25.2 Å². The molecule has 2 atom stereocenters. The summed E-state index contributed by atoms with van der Waals surface area (Å²) in [7, 11) is 0. The quantitative estimate of drug-likeness (QED) is 0.109. The average molecular weight is 790 g/mol. The maximum atomic E-state index is 13.1. The van der Waals surface area contributed by atoms with Crippen molar-refractivity contribution in [3.8, 4) is 0 Å². The molecular formula is C36H36Cl2F2N6O6S. The summed E-state index contributed by atoms with van der Waals surface area (Å²) >= 11 is 13.1. The van der Waals surface area contributed by atoms with Crippen LogP contribution in [0.4, 0.5) is 19.5 Å². The lowest BCUT2D eigenvalue weighted by molar-refractivity contribution is -0.129. The van der Waals surface area contributed by atoms with Crippen LogP contribution in [0, 0.1) is 11.6 Å². The van der Waals surface area contributed by atoms with Gasteiger partial charge in [0.15, 0.2) is 0 Å². The van der Waals surface area contributed by atoms with Gasteiger partial charge in [0, 0.05) is 11.8 Å². The summed E-state index contributed by atoms with van der Waals surface area (Å²) in [5, 5.41) is 18.4. The number of hydrogen-bond donors (Lipinski definition) is 6. The molecule has 12 nitrogen and oxygen atoms in total. The van der Waals surface area contributed by atoms with Gasteiger partial charge in [-0.05, 0) is 78.9 Å². The molecule has 6 amide bonds. The van der Waals surface area contributed by atoms with Gasteiger partial charge < -0.3 is 31.9 Å². The molecule has 0 radical (unpaired) electrons. The predicted octanol–water partition coefficient (Wildman–Crippen LogP) is 4.62. The van der Waals surface area contributed by atoms with Gasteiger partial charge in [0.25, 0.3) is 0 Å². The van der Waals surface area contributed by atoms with E-state index in [4.69, 9.17) is 23.2 Å². The second-order valence-corrected chi connectivity index (χ2v) is 13.1. The molecule has 0 fully saturated rings. The van der Waals surface area contributed by atoms with Crippen molar-refractivity contribution in [2.45, 2.75) is 38.8 Å². The highest BCUT2D eigenvalue weighted by atomic mass is 35.5. The fraction of sp³-hybridized carbons (Fsp3) is 0.222. The van der Waals surface area contributed by atoms with E-state index in [0.717, 1.165) is 12.1 Å². The van der Waals surface area contributed by atoms with E-state index in [1.807, 2.05) is 6.07 Å². The summed E-state index contributed by atoms with van der Waals surface area (Å²) in [5.41, 5.74) is 1.47. The molecule has 53 heavy (non-hydrogen) atoms. The lowest BCUT2D eigenvalue weighted by Crippen LogP contribution is -2.47. The normalized spacial score (nSPS) is 11.4. The Kier molecular flexibility index (Phi) is 16.8. The molecule has 0 unspecified atom stereocenters. The number of amides is 6. The molecule has 1 heterocycles. The number of thiophene rings is 1. The summed E-state index contributed by atoms with van der Waals surface area (Å²) in [5.74, 6) is -4.24. The Labute approximate surface area is 318 Å². The second kappa shape index (κ2) is 21.2. The Bertz CT molecular complexity index is 1880. The molecular weight excluding hydrogens is 753 g/mol. The number of para-hydroxylation sites is 1. The molecule has 0 aliphatic carbocycles. The largest absolute Gasteiger partial charge is 0.345 e. The second-order valence-electron chi connectivity index (χ2n) is 11.3. The fourth-order valence-corrected chi connectivity index (χ4v) is 5.30. The summed E-state index contributed by atoms with van der Waals surface area (Å²) in [4.78, 5) is 71.4. The van der Waals surface area contributed by atoms with Crippen LogP contribution in [-0.4, -0.2) is 60.6 Å². The van der Waals surface area contributed by atoms with Gasteiger partial charge in [-0.15, -0.1) is 11.3 Å². The number of carbonyl (C=O) groups excluding carboxylic acids is 6. The minimum atomic E-state index is -0.907. The Morgan fingerprint density at radius 2 is 1.17 bits per heavy atom. The topological polar surface area (TPSA) is 175 Å². The van der Waals surface area contributed by atoms with E-state index < -0.39 is 47.3 Å². The standard InChI is InChI=1S/C19H19Cl2N3O3.C17H17F2N3O3S/c1-12(23-17(25)10-13-7-8-15(20)16(21)9-13)19(27)22-11-18(26)24-14-5-3-2-4-6-14;1-10(17(25)20-9-15(24)22-16-3-2-4-26-16)21-14(23)7-11-5-12(18)8-13(19)6-11/h2-9,12H,10-11H2,1H3,(H,22,27)(H,23,25)(H,24,26);2-6,8,10H,7,9H2,1H3,(H,20,25)(H,21,23)(H,22,24)/t12-;10-/m00/s1. The lowest BCUT2D eigenvalue weighted by Gasteiger charge is -2.14. The van der Waals surface area contributed by atoms with Crippen molar-refractivity contribution in [1.29, 1.82) is 0 Å². The van der Waals surface area contributed by atoms with Crippen LogP contribution in [0.3, 0.4) is 0 Å². The third-order valence-electron chi connectivity index (χ3n) is 6.86. The average Bonchev–Trinajstić information content (AvgIpc) is 3.61. The van der Waals surface area contributed by atoms with Gasteiger partial charge in [-0.3, -0.25) is 28.8 Å². The number of carbonyl (C=O) groups is 6. The molecule has 0 aliphatic heterocycles. The molecule has 280 valence electrons. The first kappa shape index (κ1) is 42.0. The molecule has 0 aliphatic rings. The first-order valence-corrected chi connectivity index (χ1v) is 17.5. The van der Waals surface area contributed by atoms with Crippen LogP contribution in [-0.2, 0) is 41.6 Å². The van der Waals surface area contributed by atoms with Gasteiger partial charge in [-0.2, -0.15) is 0 Å². The zero-order chi connectivity index (χ0) is 38.9. The van der Waals surface area contributed by atoms with E-state index in [2.05, 4.69) is 31.9 Å². The number of benzene rings is 3. The van der Waals surface area contributed by atoms with Crippen LogP contribution in [0.5, 0.6) is 0 Å². The number of halogens is 4.